The largest absolute Gasteiger partial charge is 0.472 e. The van der Waals surface area contributed by atoms with E-state index in [0.29, 0.717) is 25.7 Å². The minimum atomic E-state index is -4.97. The van der Waals surface area contributed by atoms with Gasteiger partial charge in [0.25, 0.3) is 0 Å². The summed E-state index contributed by atoms with van der Waals surface area (Å²) in [4.78, 5) is 73.3. The molecule has 0 amide bonds. The topological polar surface area (TPSA) is 237 Å². The van der Waals surface area contributed by atoms with E-state index in [9.17, 15) is 43.2 Å². The highest BCUT2D eigenvalue weighted by atomic mass is 31.2. The molecule has 3 unspecified atom stereocenters. The lowest BCUT2D eigenvalue weighted by Crippen LogP contribution is -2.30. The van der Waals surface area contributed by atoms with Crippen LogP contribution in [0.15, 0.2) is 0 Å². The van der Waals surface area contributed by atoms with Crippen molar-refractivity contribution in [3.63, 3.8) is 0 Å². The highest BCUT2D eigenvalue weighted by Gasteiger charge is 2.31. The summed E-state index contributed by atoms with van der Waals surface area (Å²) in [6.07, 6.45) is 69.3. The molecule has 0 aliphatic rings. The van der Waals surface area contributed by atoms with Gasteiger partial charge in [0.15, 0.2) is 12.2 Å². The van der Waals surface area contributed by atoms with Crippen molar-refractivity contribution in [3.8, 4) is 0 Å². The van der Waals surface area contributed by atoms with Gasteiger partial charge in [-0.3, -0.25) is 37.3 Å². The van der Waals surface area contributed by atoms with E-state index in [2.05, 4.69) is 48.5 Å². The van der Waals surface area contributed by atoms with Crippen LogP contribution in [0.5, 0.6) is 0 Å². The first-order chi connectivity index (χ1) is 51.8. The molecule has 0 bridgehead atoms. The SMILES string of the molecule is CCCCCCCCCCCCC(=O)OC[C@H](COP(=O)(O)OC[C@H](O)COP(=O)(O)OC[C@@H](COC(=O)CCCCCCCCCCCCCCCCCC(C)C)OC(=O)CCCCCCCCCCCCCCCCCCCCC(C)C)OC(=O)CCCCCCCCCCCCCCCCC(C)CC. The van der Waals surface area contributed by atoms with Gasteiger partial charge >= 0.3 is 39.5 Å². The molecule has 0 spiro atoms. The van der Waals surface area contributed by atoms with Crippen LogP contribution in [-0.4, -0.2) is 96.7 Å². The summed E-state index contributed by atoms with van der Waals surface area (Å²) in [7, 11) is -9.93. The van der Waals surface area contributed by atoms with E-state index >= 15 is 0 Å². The predicted molar refractivity (Wildman–Crippen MR) is 441 cm³/mol. The van der Waals surface area contributed by atoms with Crippen LogP contribution >= 0.6 is 15.6 Å². The Morgan fingerprint density at radius 1 is 0.271 bits per heavy atom. The summed E-state index contributed by atoms with van der Waals surface area (Å²) < 4.78 is 69.0. The van der Waals surface area contributed by atoms with Gasteiger partial charge in [-0.25, -0.2) is 9.13 Å². The smallest absolute Gasteiger partial charge is 0.462 e. The lowest BCUT2D eigenvalue weighted by molar-refractivity contribution is -0.161. The molecule has 3 N–H and O–H groups in total. The predicted octanol–water partition coefficient (Wildman–Crippen LogP) is 26.9. The van der Waals surface area contributed by atoms with Crippen LogP contribution in [0.4, 0.5) is 0 Å². The maximum atomic E-state index is 13.2. The number of aliphatic hydroxyl groups excluding tert-OH is 1. The van der Waals surface area contributed by atoms with Crippen LogP contribution in [0.2, 0.25) is 0 Å². The molecule has 0 radical (unpaired) electrons. The molecule has 0 aliphatic heterocycles. The highest BCUT2D eigenvalue weighted by molar-refractivity contribution is 7.47. The molecule has 0 fully saturated rings. The molecule has 636 valence electrons. The van der Waals surface area contributed by atoms with Crippen LogP contribution < -0.4 is 0 Å². The number of hydrogen-bond donors (Lipinski definition) is 3. The van der Waals surface area contributed by atoms with E-state index < -0.39 is 97.5 Å². The van der Waals surface area contributed by atoms with Crippen molar-refractivity contribution >= 4 is 39.5 Å². The number of carbonyl (C=O) groups excluding carboxylic acids is 4. The Kier molecular flexibility index (Phi) is 76.6. The van der Waals surface area contributed by atoms with Gasteiger partial charge in [0.1, 0.15) is 19.3 Å². The number of phosphoric acid groups is 2. The highest BCUT2D eigenvalue weighted by Crippen LogP contribution is 2.45. The summed E-state index contributed by atoms with van der Waals surface area (Å²) >= 11 is 0. The molecule has 0 aromatic rings. The van der Waals surface area contributed by atoms with Gasteiger partial charge in [-0.15, -0.1) is 0 Å². The molecule has 6 atom stereocenters. The summed E-state index contributed by atoms with van der Waals surface area (Å²) in [6.45, 7) is 12.1. The zero-order chi connectivity index (χ0) is 78.6. The van der Waals surface area contributed by atoms with Crippen LogP contribution in [0.3, 0.4) is 0 Å². The Morgan fingerprint density at radius 2 is 0.477 bits per heavy atom. The molecule has 0 saturated heterocycles. The van der Waals surface area contributed by atoms with Crippen molar-refractivity contribution in [2.75, 3.05) is 39.6 Å². The first-order valence-corrected chi connectivity index (χ1v) is 48.4. The van der Waals surface area contributed by atoms with Crippen LogP contribution in [0, 0.1) is 17.8 Å². The fourth-order valence-electron chi connectivity index (χ4n) is 13.7. The lowest BCUT2D eigenvalue weighted by Gasteiger charge is -2.21. The van der Waals surface area contributed by atoms with Crippen molar-refractivity contribution in [2.24, 2.45) is 17.8 Å². The molecule has 19 heteroatoms. The second-order valence-corrected chi connectivity index (χ2v) is 35.7. The monoisotopic (exact) mass is 1560 g/mol. The van der Waals surface area contributed by atoms with Gasteiger partial charge in [0.05, 0.1) is 26.4 Å². The second-order valence-electron chi connectivity index (χ2n) is 32.8. The fraction of sp³-hybridized carbons (Fsp3) is 0.955. The summed E-state index contributed by atoms with van der Waals surface area (Å²) in [6, 6.07) is 0. The van der Waals surface area contributed by atoms with E-state index in [0.717, 1.165) is 108 Å². The molecule has 107 heavy (non-hydrogen) atoms. The zero-order valence-electron chi connectivity index (χ0n) is 70.6. The Balaban J connectivity index is 5.23. The molecular formula is C88H172O17P2. The molecule has 0 heterocycles. The van der Waals surface area contributed by atoms with Crippen LogP contribution in [-0.2, 0) is 65.4 Å². The number of carbonyl (C=O) groups is 4. The third-order valence-corrected chi connectivity index (χ3v) is 22.9. The Hall–Kier alpha value is -1.94. The Morgan fingerprint density at radius 3 is 0.710 bits per heavy atom. The van der Waals surface area contributed by atoms with E-state index in [4.69, 9.17) is 37.0 Å². The Bertz CT molecular complexity index is 2060. The van der Waals surface area contributed by atoms with Gasteiger partial charge in [0.2, 0.25) is 0 Å². The second kappa shape index (κ2) is 78.0. The number of ether oxygens (including phenoxy) is 4. The average molecular weight is 1560 g/mol. The molecule has 0 aromatic carbocycles. The number of aliphatic hydroxyl groups is 1. The van der Waals surface area contributed by atoms with E-state index in [-0.39, 0.29) is 25.7 Å². The number of hydrogen-bond acceptors (Lipinski definition) is 15. The van der Waals surface area contributed by atoms with Crippen molar-refractivity contribution < 1.29 is 80.2 Å². The summed E-state index contributed by atoms with van der Waals surface area (Å²) in [5, 5.41) is 10.7. The third kappa shape index (κ3) is 80.5. The van der Waals surface area contributed by atoms with Gasteiger partial charge in [0, 0.05) is 25.7 Å². The molecule has 17 nitrogen and oxygen atoms in total. The van der Waals surface area contributed by atoms with E-state index in [1.54, 1.807) is 0 Å². The van der Waals surface area contributed by atoms with Crippen molar-refractivity contribution in [1.82, 2.24) is 0 Å². The lowest BCUT2D eigenvalue weighted by atomic mass is 9.99. The average Bonchev–Trinajstić information content (AvgIpc) is 0.904. The molecular weight excluding hydrogens is 1390 g/mol. The molecule has 0 saturated carbocycles. The summed E-state index contributed by atoms with van der Waals surface area (Å²) in [5.74, 6) is 0.371. The van der Waals surface area contributed by atoms with Gasteiger partial charge in [-0.1, -0.05) is 414 Å². The van der Waals surface area contributed by atoms with E-state index in [1.165, 1.54) is 276 Å². The van der Waals surface area contributed by atoms with Crippen molar-refractivity contribution in [2.45, 2.75) is 484 Å². The normalized spacial score (nSPS) is 14.1. The minimum absolute atomic E-state index is 0.108. The van der Waals surface area contributed by atoms with Gasteiger partial charge < -0.3 is 33.8 Å². The fourth-order valence-corrected chi connectivity index (χ4v) is 15.3. The van der Waals surface area contributed by atoms with E-state index in [1.807, 2.05) is 0 Å². The standard InChI is InChI=1S/C88H172O17P2/c1-8-10-11-12-13-14-41-48-55-62-69-85(90)98-75-83(104-88(93)72-65-58-51-44-37-31-25-24-28-34-40-47-54-61-68-81(7)9-2)77-102-106(94,95)100-73-82(89)74-101-107(96,97)103-78-84(76-99-86(91)70-63-56-49-42-35-29-23-19-21-27-33-39-46-53-60-67-80(5)6)105-87(92)71-64-57-50-43-36-30-22-18-16-15-17-20-26-32-38-45-52-59-66-79(3)4/h79-84,89H,8-78H2,1-7H3,(H,94,95)(H,96,97)/t81?,82-,83+,84+/m0/s1. The van der Waals surface area contributed by atoms with Crippen molar-refractivity contribution in [1.29, 1.82) is 0 Å². The van der Waals surface area contributed by atoms with Gasteiger partial charge in [-0.2, -0.15) is 0 Å². The van der Waals surface area contributed by atoms with Crippen molar-refractivity contribution in [3.05, 3.63) is 0 Å². The molecule has 0 rings (SSSR count). The minimum Gasteiger partial charge on any atom is -0.462 e. The summed E-state index contributed by atoms with van der Waals surface area (Å²) in [5.41, 5.74) is 0. The number of rotatable bonds is 86. The first-order valence-electron chi connectivity index (χ1n) is 45.4. The molecule has 0 aliphatic carbocycles. The quantitative estimate of drug-likeness (QED) is 0.0222. The maximum Gasteiger partial charge on any atom is 0.472 e. The zero-order valence-corrected chi connectivity index (χ0v) is 72.4. The maximum absolute atomic E-state index is 13.2. The first kappa shape index (κ1) is 105. The number of unbranched alkanes of at least 4 members (excludes halogenated alkanes) is 53. The molecule has 0 aromatic heterocycles. The van der Waals surface area contributed by atoms with Crippen LogP contribution in [0.1, 0.15) is 466 Å². The van der Waals surface area contributed by atoms with Gasteiger partial charge in [-0.05, 0) is 43.4 Å². The number of phosphoric ester groups is 2. The third-order valence-electron chi connectivity index (χ3n) is 21.0. The van der Waals surface area contributed by atoms with Crippen LogP contribution in [0.25, 0.3) is 0 Å². The Labute approximate surface area is 658 Å². The number of esters is 4.